The van der Waals surface area contributed by atoms with Gasteiger partial charge in [0.1, 0.15) is 6.17 Å². The molecule has 2 rings (SSSR count). The molecule has 0 bridgehead atoms. The van der Waals surface area contributed by atoms with Gasteiger partial charge < -0.3 is 5.73 Å². The molecule has 0 spiro atoms. The number of benzene rings is 1. The third kappa shape index (κ3) is 1.46. The van der Waals surface area contributed by atoms with Gasteiger partial charge >= 0.3 is 0 Å². The highest BCUT2D eigenvalue weighted by molar-refractivity contribution is 5.36. The lowest BCUT2D eigenvalue weighted by Gasteiger charge is -2.08. The molecule has 13 heavy (non-hydrogen) atoms. The highest BCUT2D eigenvalue weighted by Crippen LogP contribution is 2.43. The van der Waals surface area contributed by atoms with Gasteiger partial charge in [-0.15, -0.1) is 0 Å². The molecule has 1 aromatic rings. The van der Waals surface area contributed by atoms with E-state index in [9.17, 15) is 4.39 Å². The predicted octanol–water partition coefficient (Wildman–Crippen LogP) is 2.53. The van der Waals surface area contributed by atoms with Crippen LogP contribution in [-0.2, 0) is 0 Å². The molecule has 0 saturated heterocycles. The Kier molecular flexibility index (Phi) is 2.32. The average molecular weight is 179 g/mol. The molecule has 0 fully saturated rings. The Labute approximate surface area is 77.8 Å². The predicted molar refractivity (Wildman–Crippen MR) is 51.3 cm³/mol. The van der Waals surface area contributed by atoms with Crippen LogP contribution in [0.5, 0.6) is 0 Å². The number of halogens is 1. The summed E-state index contributed by atoms with van der Waals surface area (Å²) >= 11 is 0. The molecule has 0 heterocycles. The van der Waals surface area contributed by atoms with Crippen molar-refractivity contribution in [1.82, 2.24) is 0 Å². The molecule has 1 nitrogen and oxygen atoms in total. The second kappa shape index (κ2) is 3.46. The van der Waals surface area contributed by atoms with Gasteiger partial charge in [0.2, 0.25) is 0 Å². The molecule has 70 valence electrons. The van der Waals surface area contributed by atoms with Crippen LogP contribution in [0.15, 0.2) is 24.3 Å². The van der Waals surface area contributed by atoms with Crippen molar-refractivity contribution >= 4 is 0 Å². The normalized spacial score (nSPS) is 26.0. The molecule has 2 unspecified atom stereocenters. The fraction of sp³-hybridized carbons (Fsp3) is 0.455. The van der Waals surface area contributed by atoms with Crippen molar-refractivity contribution in [2.24, 2.45) is 5.73 Å². The van der Waals surface area contributed by atoms with Crippen LogP contribution in [0.25, 0.3) is 0 Å². The van der Waals surface area contributed by atoms with Crippen LogP contribution >= 0.6 is 0 Å². The lowest BCUT2D eigenvalue weighted by atomic mass is 9.98. The summed E-state index contributed by atoms with van der Waals surface area (Å²) in [5.74, 6) is 0.344. The Morgan fingerprint density at radius 3 is 2.69 bits per heavy atom. The summed E-state index contributed by atoms with van der Waals surface area (Å²) in [4.78, 5) is 0. The Hall–Kier alpha value is -0.890. The standard InChI is InChI=1S/C11H14FN/c12-11-7-8(5-6-13)9-3-1-2-4-10(9)11/h1-4,8,11H,5-7,13H2. The molecular formula is C11H14FN. The molecule has 2 heteroatoms. The number of alkyl halides is 1. The van der Waals surface area contributed by atoms with Crippen molar-refractivity contribution in [3.8, 4) is 0 Å². The summed E-state index contributed by atoms with van der Waals surface area (Å²) in [5, 5.41) is 0. The van der Waals surface area contributed by atoms with Gasteiger partial charge in [0.15, 0.2) is 0 Å². The minimum atomic E-state index is -0.771. The third-order valence-corrected chi connectivity index (χ3v) is 2.78. The number of hydrogen-bond donors (Lipinski definition) is 1. The van der Waals surface area contributed by atoms with E-state index >= 15 is 0 Å². The van der Waals surface area contributed by atoms with E-state index in [1.165, 1.54) is 5.56 Å². The first-order chi connectivity index (χ1) is 6.33. The van der Waals surface area contributed by atoms with Crippen LogP contribution < -0.4 is 5.73 Å². The Balaban J connectivity index is 2.30. The summed E-state index contributed by atoms with van der Waals surface area (Å²) in [7, 11) is 0. The van der Waals surface area contributed by atoms with Crippen LogP contribution in [0.3, 0.4) is 0 Å². The largest absolute Gasteiger partial charge is 0.330 e. The van der Waals surface area contributed by atoms with Crippen LogP contribution in [0.4, 0.5) is 4.39 Å². The van der Waals surface area contributed by atoms with E-state index in [1.807, 2.05) is 24.3 Å². The molecule has 1 aliphatic rings. The number of rotatable bonds is 2. The summed E-state index contributed by atoms with van der Waals surface area (Å²) < 4.78 is 13.4. The van der Waals surface area contributed by atoms with E-state index in [4.69, 9.17) is 5.73 Å². The van der Waals surface area contributed by atoms with Gasteiger partial charge in [0.05, 0.1) is 0 Å². The maximum absolute atomic E-state index is 13.4. The van der Waals surface area contributed by atoms with Crippen molar-refractivity contribution < 1.29 is 4.39 Å². The molecule has 2 atom stereocenters. The quantitative estimate of drug-likeness (QED) is 0.741. The Bertz CT molecular complexity index is 298. The summed E-state index contributed by atoms with van der Waals surface area (Å²) in [6.07, 6.45) is 0.751. The molecule has 0 saturated carbocycles. The minimum absolute atomic E-state index is 0.344. The second-order valence-electron chi connectivity index (χ2n) is 3.61. The van der Waals surface area contributed by atoms with Gasteiger partial charge in [-0.3, -0.25) is 0 Å². The SMILES string of the molecule is NCCC1CC(F)c2ccccc21. The molecular weight excluding hydrogens is 165 g/mol. The molecule has 0 aliphatic heterocycles. The maximum Gasteiger partial charge on any atom is 0.126 e. The first-order valence-corrected chi connectivity index (χ1v) is 4.76. The van der Waals surface area contributed by atoms with Crippen molar-refractivity contribution in [2.45, 2.75) is 24.9 Å². The topological polar surface area (TPSA) is 26.0 Å². The van der Waals surface area contributed by atoms with Gasteiger partial charge in [-0.05, 0) is 36.4 Å². The van der Waals surface area contributed by atoms with Gasteiger partial charge in [-0.1, -0.05) is 24.3 Å². The highest BCUT2D eigenvalue weighted by Gasteiger charge is 2.29. The molecule has 0 amide bonds. The molecule has 1 aromatic carbocycles. The van der Waals surface area contributed by atoms with Crippen LogP contribution in [0.1, 0.15) is 36.1 Å². The number of nitrogens with two attached hydrogens (primary N) is 1. The second-order valence-corrected chi connectivity index (χ2v) is 3.61. The zero-order valence-electron chi connectivity index (χ0n) is 7.54. The van der Waals surface area contributed by atoms with Gasteiger partial charge in [0.25, 0.3) is 0 Å². The fourth-order valence-corrected chi connectivity index (χ4v) is 2.15. The van der Waals surface area contributed by atoms with E-state index in [0.29, 0.717) is 18.9 Å². The van der Waals surface area contributed by atoms with E-state index in [-0.39, 0.29) is 0 Å². The Morgan fingerprint density at radius 2 is 2.00 bits per heavy atom. The van der Waals surface area contributed by atoms with Crippen LogP contribution in [0, 0.1) is 0 Å². The summed E-state index contributed by atoms with van der Waals surface area (Å²) in [6.45, 7) is 0.645. The zero-order valence-corrected chi connectivity index (χ0v) is 7.54. The summed E-state index contributed by atoms with van der Waals surface area (Å²) in [6, 6.07) is 7.78. The van der Waals surface area contributed by atoms with E-state index in [2.05, 4.69) is 0 Å². The Morgan fingerprint density at radius 1 is 1.31 bits per heavy atom. The van der Waals surface area contributed by atoms with Gasteiger partial charge in [-0.25, -0.2) is 4.39 Å². The highest BCUT2D eigenvalue weighted by atomic mass is 19.1. The first kappa shape index (κ1) is 8.70. The smallest absolute Gasteiger partial charge is 0.126 e. The zero-order chi connectivity index (χ0) is 9.26. The molecule has 0 aromatic heterocycles. The summed E-state index contributed by atoms with van der Waals surface area (Å²) in [5.41, 5.74) is 7.53. The van der Waals surface area contributed by atoms with Gasteiger partial charge in [0, 0.05) is 0 Å². The van der Waals surface area contributed by atoms with Crippen molar-refractivity contribution in [3.63, 3.8) is 0 Å². The number of hydrogen-bond acceptors (Lipinski definition) is 1. The van der Waals surface area contributed by atoms with Crippen LogP contribution in [0.2, 0.25) is 0 Å². The first-order valence-electron chi connectivity index (χ1n) is 4.76. The number of fused-ring (bicyclic) bond motifs is 1. The fourth-order valence-electron chi connectivity index (χ4n) is 2.15. The lowest BCUT2D eigenvalue weighted by molar-refractivity contribution is 0.325. The molecule has 0 radical (unpaired) electrons. The lowest BCUT2D eigenvalue weighted by Crippen LogP contribution is -2.04. The average Bonchev–Trinajstić information content (AvgIpc) is 2.46. The molecule has 1 aliphatic carbocycles. The maximum atomic E-state index is 13.4. The van der Waals surface area contributed by atoms with E-state index in [1.54, 1.807) is 0 Å². The van der Waals surface area contributed by atoms with Crippen LogP contribution in [-0.4, -0.2) is 6.54 Å². The van der Waals surface area contributed by atoms with Crippen molar-refractivity contribution in [2.75, 3.05) is 6.54 Å². The van der Waals surface area contributed by atoms with Crippen molar-refractivity contribution in [1.29, 1.82) is 0 Å². The van der Waals surface area contributed by atoms with E-state index < -0.39 is 6.17 Å². The monoisotopic (exact) mass is 179 g/mol. The third-order valence-electron chi connectivity index (χ3n) is 2.78. The van der Waals surface area contributed by atoms with E-state index in [0.717, 1.165) is 12.0 Å². The molecule has 2 N–H and O–H groups in total. The van der Waals surface area contributed by atoms with Crippen molar-refractivity contribution in [3.05, 3.63) is 35.4 Å². The van der Waals surface area contributed by atoms with Gasteiger partial charge in [-0.2, -0.15) is 0 Å². The minimum Gasteiger partial charge on any atom is -0.330 e.